The van der Waals surface area contributed by atoms with Crippen molar-refractivity contribution in [1.29, 1.82) is 5.26 Å². The zero-order chi connectivity index (χ0) is 10.4. The van der Waals surface area contributed by atoms with Crippen molar-refractivity contribution >= 4 is 5.97 Å². The smallest absolute Gasteiger partial charge is 0.338 e. The van der Waals surface area contributed by atoms with Crippen LogP contribution in [0.5, 0.6) is 0 Å². The van der Waals surface area contributed by atoms with Gasteiger partial charge in [-0.3, -0.25) is 0 Å². The molecule has 1 aromatic carbocycles. The first-order valence-corrected chi connectivity index (χ1v) is 4.06. The molecule has 0 radical (unpaired) electrons. The van der Waals surface area contributed by atoms with Gasteiger partial charge in [-0.1, -0.05) is 18.7 Å². The standard InChI is InChI=1S/C11H9NO2/c1-2-6-14-11(13)10-5-3-4-9(7-10)8-12/h2-5,7H,1,6H2. The number of ether oxygens (including phenoxy) is 1. The molecule has 14 heavy (non-hydrogen) atoms. The van der Waals surface area contributed by atoms with E-state index in [1.165, 1.54) is 12.1 Å². The molecule has 1 rings (SSSR count). The minimum absolute atomic E-state index is 0.176. The molecule has 0 saturated carbocycles. The molecular formula is C11H9NO2. The first kappa shape index (κ1) is 10.0. The van der Waals surface area contributed by atoms with E-state index in [1.807, 2.05) is 6.07 Å². The molecule has 0 atom stereocenters. The molecule has 0 saturated heterocycles. The summed E-state index contributed by atoms with van der Waals surface area (Å²) in [6, 6.07) is 8.32. The van der Waals surface area contributed by atoms with Gasteiger partial charge in [0, 0.05) is 0 Å². The van der Waals surface area contributed by atoms with Crippen molar-refractivity contribution in [3.63, 3.8) is 0 Å². The molecule has 0 unspecified atom stereocenters. The first-order chi connectivity index (χ1) is 6.77. The molecule has 0 N–H and O–H groups in total. The molecular weight excluding hydrogens is 178 g/mol. The normalized spacial score (nSPS) is 8.79. The van der Waals surface area contributed by atoms with Gasteiger partial charge in [0.15, 0.2) is 0 Å². The number of nitrogens with zero attached hydrogens (tertiary/aromatic N) is 1. The van der Waals surface area contributed by atoms with Crippen LogP contribution in [0.4, 0.5) is 0 Å². The number of hydrogen-bond donors (Lipinski definition) is 0. The van der Waals surface area contributed by atoms with E-state index in [-0.39, 0.29) is 6.61 Å². The van der Waals surface area contributed by atoms with Crippen LogP contribution in [0.2, 0.25) is 0 Å². The Balaban J connectivity index is 2.80. The van der Waals surface area contributed by atoms with Crippen LogP contribution < -0.4 is 0 Å². The van der Waals surface area contributed by atoms with Gasteiger partial charge in [0.2, 0.25) is 0 Å². The number of carbonyl (C=O) groups is 1. The summed E-state index contributed by atoms with van der Waals surface area (Å²) in [6.07, 6.45) is 1.49. The summed E-state index contributed by atoms with van der Waals surface area (Å²) in [5.74, 6) is -0.443. The van der Waals surface area contributed by atoms with Crippen molar-refractivity contribution in [2.24, 2.45) is 0 Å². The van der Waals surface area contributed by atoms with Crippen LogP contribution in [0.15, 0.2) is 36.9 Å². The summed E-state index contributed by atoms with van der Waals surface area (Å²) in [6.45, 7) is 3.61. The molecule has 3 nitrogen and oxygen atoms in total. The summed E-state index contributed by atoms with van der Waals surface area (Å²) >= 11 is 0. The number of carbonyl (C=O) groups excluding carboxylic acids is 1. The third kappa shape index (κ3) is 2.46. The highest BCUT2D eigenvalue weighted by atomic mass is 16.5. The van der Waals surface area contributed by atoms with E-state index < -0.39 is 5.97 Å². The largest absolute Gasteiger partial charge is 0.458 e. The minimum atomic E-state index is -0.443. The molecule has 0 bridgehead atoms. The average Bonchev–Trinajstić information content (AvgIpc) is 2.26. The lowest BCUT2D eigenvalue weighted by molar-refractivity contribution is 0.0549. The van der Waals surface area contributed by atoms with Gasteiger partial charge in [0.1, 0.15) is 6.61 Å². The summed E-state index contributed by atoms with van der Waals surface area (Å²) in [4.78, 5) is 11.3. The molecule has 0 aliphatic carbocycles. The lowest BCUT2D eigenvalue weighted by Gasteiger charge is -2.01. The maximum absolute atomic E-state index is 11.3. The Kier molecular flexibility index (Phi) is 3.45. The topological polar surface area (TPSA) is 50.1 Å². The van der Waals surface area contributed by atoms with E-state index in [1.54, 1.807) is 18.2 Å². The lowest BCUT2D eigenvalue weighted by Crippen LogP contribution is -2.04. The van der Waals surface area contributed by atoms with Gasteiger partial charge in [-0.25, -0.2) is 4.79 Å². The van der Waals surface area contributed by atoms with Crippen LogP contribution in [-0.2, 0) is 4.74 Å². The second kappa shape index (κ2) is 4.83. The van der Waals surface area contributed by atoms with Crippen molar-refractivity contribution in [2.75, 3.05) is 6.61 Å². The van der Waals surface area contributed by atoms with Crippen LogP contribution >= 0.6 is 0 Å². The fourth-order valence-electron chi connectivity index (χ4n) is 0.934. The Morgan fingerprint density at radius 3 is 3.07 bits per heavy atom. The molecule has 0 fully saturated rings. The monoisotopic (exact) mass is 187 g/mol. The van der Waals surface area contributed by atoms with Gasteiger partial charge < -0.3 is 4.74 Å². The number of esters is 1. The fourth-order valence-corrected chi connectivity index (χ4v) is 0.934. The molecule has 0 spiro atoms. The second-order valence-electron chi connectivity index (χ2n) is 2.58. The summed E-state index contributed by atoms with van der Waals surface area (Å²) < 4.78 is 4.81. The zero-order valence-electron chi connectivity index (χ0n) is 7.56. The second-order valence-corrected chi connectivity index (χ2v) is 2.58. The predicted octanol–water partition coefficient (Wildman–Crippen LogP) is 1.90. The summed E-state index contributed by atoms with van der Waals surface area (Å²) in [7, 11) is 0. The van der Waals surface area contributed by atoms with E-state index in [4.69, 9.17) is 10.00 Å². The number of rotatable bonds is 3. The van der Waals surface area contributed by atoms with Crippen LogP contribution in [0.3, 0.4) is 0 Å². The number of hydrogen-bond acceptors (Lipinski definition) is 3. The third-order valence-corrected chi connectivity index (χ3v) is 1.56. The molecule has 0 aliphatic rings. The van der Waals surface area contributed by atoms with Gasteiger partial charge in [-0.05, 0) is 18.2 Å². The van der Waals surface area contributed by atoms with Crippen molar-refractivity contribution < 1.29 is 9.53 Å². The van der Waals surface area contributed by atoms with Crippen molar-refractivity contribution in [3.8, 4) is 6.07 Å². The number of nitriles is 1. The average molecular weight is 187 g/mol. The van der Waals surface area contributed by atoms with E-state index in [0.717, 1.165) is 0 Å². The van der Waals surface area contributed by atoms with Crippen molar-refractivity contribution in [3.05, 3.63) is 48.0 Å². The summed E-state index contributed by atoms with van der Waals surface area (Å²) in [5.41, 5.74) is 0.823. The third-order valence-electron chi connectivity index (χ3n) is 1.56. The maximum atomic E-state index is 11.3. The molecule has 70 valence electrons. The fraction of sp³-hybridized carbons (Fsp3) is 0.0909. The van der Waals surface area contributed by atoms with Gasteiger partial charge >= 0.3 is 5.97 Å². The Hall–Kier alpha value is -2.08. The van der Waals surface area contributed by atoms with Crippen molar-refractivity contribution in [2.45, 2.75) is 0 Å². The predicted molar refractivity (Wildman–Crippen MR) is 51.6 cm³/mol. The highest BCUT2D eigenvalue weighted by molar-refractivity contribution is 5.89. The Morgan fingerprint density at radius 2 is 2.43 bits per heavy atom. The van der Waals surface area contributed by atoms with Gasteiger partial charge in [0.05, 0.1) is 17.2 Å². The highest BCUT2D eigenvalue weighted by Crippen LogP contribution is 2.05. The van der Waals surface area contributed by atoms with Crippen LogP contribution in [-0.4, -0.2) is 12.6 Å². The molecule has 0 aliphatic heterocycles. The SMILES string of the molecule is C=CCOC(=O)c1cccc(C#N)c1. The summed E-state index contributed by atoms with van der Waals surface area (Å²) in [5, 5.41) is 8.60. The zero-order valence-corrected chi connectivity index (χ0v) is 7.56. The van der Waals surface area contributed by atoms with Gasteiger partial charge in [-0.2, -0.15) is 5.26 Å². The minimum Gasteiger partial charge on any atom is -0.458 e. The number of benzene rings is 1. The van der Waals surface area contributed by atoms with Gasteiger partial charge in [-0.15, -0.1) is 0 Å². The molecule has 0 aromatic heterocycles. The molecule has 1 aromatic rings. The Morgan fingerprint density at radius 1 is 1.64 bits per heavy atom. The van der Waals surface area contributed by atoms with E-state index in [0.29, 0.717) is 11.1 Å². The Labute approximate surface area is 82.2 Å². The lowest BCUT2D eigenvalue weighted by atomic mass is 10.1. The van der Waals surface area contributed by atoms with Crippen LogP contribution in [0.1, 0.15) is 15.9 Å². The van der Waals surface area contributed by atoms with E-state index in [2.05, 4.69) is 6.58 Å². The van der Waals surface area contributed by atoms with Gasteiger partial charge in [0.25, 0.3) is 0 Å². The van der Waals surface area contributed by atoms with Crippen LogP contribution in [0, 0.1) is 11.3 Å². The molecule has 0 heterocycles. The Bertz CT molecular complexity index is 391. The molecule has 3 heteroatoms. The maximum Gasteiger partial charge on any atom is 0.338 e. The highest BCUT2D eigenvalue weighted by Gasteiger charge is 2.05. The van der Waals surface area contributed by atoms with E-state index in [9.17, 15) is 4.79 Å². The first-order valence-electron chi connectivity index (χ1n) is 4.06. The van der Waals surface area contributed by atoms with Crippen molar-refractivity contribution in [1.82, 2.24) is 0 Å². The van der Waals surface area contributed by atoms with Crippen LogP contribution in [0.25, 0.3) is 0 Å². The quantitative estimate of drug-likeness (QED) is 0.536. The van der Waals surface area contributed by atoms with E-state index >= 15 is 0 Å². The molecule has 0 amide bonds.